The first-order chi connectivity index (χ1) is 15.9. The Morgan fingerprint density at radius 3 is 2.61 bits per heavy atom. The monoisotopic (exact) mass is 440 g/mol. The Hall–Kier alpha value is -3.59. The number of carbonyl (C=O) groups is 1. The lowest BCUT2D eigenvalue weighted by Crippen LogP contribution is -2.25. The van der Waals surface area contributed by atoms with Crippen molar-refractivity contribution in [2.24, 2.45) is 0 Å². The molecule has 1 aliphatic rings. The van der Waals surface area contributed by atoms with E-state index in [2.05, 4.69) is 46.8 Å². The maximum atomic E-state index is 11.4. The quantitative estimate of drug-likeness (QED) is 0.366. The average Bonchev–Trinajstić information content (AvgIpc) is 3.40. The molecular weight excluding hydrogens is 412 g/mol. The van der Waals surface area contributed by atoms with E-state index in [-0.39, 0.29) is 11.0 Å². The molecule has 33 heavy (non-hydrogen) atoms. The van der Waals surface area contributed by atoms with Crippen LogP contribution in [0.2, 0.25) is 0 Å². The zero-order valence-electron chi connectivity index (χ0n) is 19.1. The topological polar surface area (TPSA) is 94.7 Å². The number of nitriles is 1. The fourth-order valence-electron chi connectivity index (χ4n) is 5.48. The Morgan fingerprint density at radius 2 is 1.94 bits per heavy atom. The van der Waals surface area contributed by atoms with Crippen LogP contribution >= 0.6 is 0 Å². The number of hydrogen-bond donors (Lipinski definition) is 2. The van der Waals surface area contributed by atoms with Gasteiger partial charge in [-0.1, -0.05) is 45.2 Å². The van der Waals surface area contributed by atoms with E-state index in [9.17, 15) is 15.2 Å². The van der Waals surface area contributed by atoms with Crippen molar-refractivity contribution in [1.29, 1.82) is 5.26 Å². The molecule has 6 heteroatoms. The van der Waals surface area contributed by atoms with Gasteiger partial charge in [-0.25, -0.2) is 4.79 Å². The molecule has 2 heterocycles. The maximum absolute atomic E-state index is 11.4. The zero-order chi connectivity index (χ0) is 23.2. The maximum Gasteiger partial charge on any atom is 0.335 e. The summed E-state index contributed by atoms with van der Waals surface area (Å²) in [5.41, 5.74) is 5.24. The molecule has 168 valence electrons. The van der Waals surface area contributed by atoms with E-state index in [1.807, 2.05) is 18.3 Å². The molecule has 5 rings (SSSR count). The number of aromatic carboxylic acids is 1. The summed E-state index contributed by atoms with van der Waals surface area (Å²) in [7, 11) is 0. The zero-order valence-corrected chi connectivity index (χ0v) is 19.1. The molecule has 1 fully saturated rings. The van der Waals surface area contributed by atoms with E-state index in [0.29, 0.717) is 12.5 Å². The number of aromatic nitrogens is 3. The predicted molar refractivity (Wildman–Crippen MR) is 129 cm³/mol. The summed E-state index contributed by atoms with van der Waals surface area (Å²) in [6, 6.07) is 14.3. The van der Waals surface area contributed by atoms with Crippen LogP contribution < -0.4 is 0 Å². The van der Waals surface area contributed by atoms with Crippen molar-refractivity contribution in [3.63, 3.8) is 0 Å². The first-order valence-electron chi connectivity index (χ1n) is 11.6. The standard InChI is InChI=1S/C27H28N4O2/c1-27(2,12-13-28)25-24(17-8-10-18(11-9-17)26(32)33)21-15-22-19(16-29-30-22)14-23(21)31(25)20-6-4-3-5-7-20/h8-11,14-16,20H,3-7,12H2,1-2H3,(H,29,30)(H,32,33). The van der Waals surface area contributed by atoms with Gasteiger partial charge in [0.25, 0.3) is 0 Å². The van der Waals surface area contributed by atoms with Crippen molar-refractivity contribution in [2.75, 3.05) is 0 Å². The summed E-state index contributed by atoms with van der Waals surface area (Å²) < 4.78 is 2.50. The fraction of sp³-hybridized carbons (Fsp3) is 0.370. The minimum Gasteiger partial charge on any atom is -0.478 e. The van der Waals surface area contributed by atoms with Crippen molar-refractivity contribution < 1.29 is 9.90 Å². The molecule has 0 radical (unpaired) electrons. The van der Waals surface area contributed by atoms with E-state index in [4.69, 9.17) is 0 Å². The number of benzene rings is 2. The van der Waals surface area contributed by atoms with E-state index in [0.717, 1.165) is 51.5 Å². The number of H-pyrrole nitrogens is 1. The Kier molecular flexibility index (Phi) is 5.20. The van der Waals surface area contributed by atoms with Gasteiger partial charge in [-0.2, -0.15) is 10.4 Å². The molecule has 0 saturated heterocycles. The molecule has 0 amide bonds. The van der Waals surface area contributed by atoms with Crippen LogP contribution in [0.3, 0.4) is 0 Å². The van der Waals surface area contributed by atoms with E-state index in [1.165, 1.54) is 19.3 Å². The molecule has 2 N–H and O–H groups in total. The molecule has 0 unspecified atom stereocenters. The second kappa shape index (κ2) is 8.08. The van der Waals surface area contributed by atoms with Gasteiger partial charge in [-0.3, -0.25) is 5.10 Å². The van der Waals surface area contributed by atoms with Crippen molar-refractivity contribution in [2.45, 2.75) is 63.8 Å². The van der Waals surface area contributed by atoms with Gasteiger partial charge in [0.1, 0.15) is 0 Å². The smallest absolute Gasteiger partial charge is 0.335 e. The van der Waals surface area contributed by atoms with E-state index in [1.54, 1.807) is 12.1 Å². The van der Waals surface area contributed by atoms with Gasteiger partial charge in [-0.05, 0) is 42.7 Å². The number of aromatic amines is 1. The molecular formula is C27H28N4O2. The van der Waals surface area contributed by atoms with Crippen molar-refractivity contribution in [3.05, 3.63) is 53.9 Å². The van der Waals surface area contributed by atoms with Crippen LogP contribution in [-0.4, -0.2) is 25.8 Å². The molecule has 0 aliphatic heterocycles. The molecule has 2 aromatic carbocycles. The number of rotatable bonds is 5. The molecule has 1 saturated carbocycles. The predicted octanol–water partition coefficient (Wildman–Crippen LogP) is 6.58. The largest absolute Gasteiger partial charge is 0.478 e. The molecule has 0 atom stereocenters. The third-order valence-corrected chi connectivity index (χ3v) is 7.09. The highest BCUT2D eigenvalue weighted by atomic mass is 16.4. The highest BCUT2D eigenvalue weighted by molar-refractivity contribution is 6.05. The Labute approximate surface area is 192 Å². The number of fused-ring (bicyclic) bond motifs is 2. The molecule has 6 nitrogen and oxygen atoms in total. The van der Waals surface area contributed by atoms with Crippen LogP contribution in [0.1, 0.15) is 74.5 Å². The SMILES string of the molecule is CC(C)(CC#N)c1c(-c2ccc(C(=O)O)cc2)c2cc3[nH]ncc3cc2n1C1CCCCC1. The number of carboxylic acids is 1. The lowest BCUT2D eigenvalue weighted by atomic mass is 9.81. The first kappa shape index (κ1) is 21.3. The third-order valence-electron chi connectivity index (χ3n) is 7.09. The fourth-order valence-corrected chi connectivity index (χ4v) is 5.48. The number of hydrogen-bond acceptors (Lipinski definition) is 3. The van der Waals surface area contributed by atoms with Gasteiger partial charge in [-0.15, -0.1) is 0 Å². The van der Waals surface area contributed by atoms with Gasteiger partial charge in [0, 0.05) is 45.4 Å². The average molecular weight is 441 g/mol. The first-order valence-corrected chi connectivity index (χ1v) is 11.6. The Balaban J connectivity index is 1.88. The summed E-state index contributed by atoms with van der Waals surface area (Å²) in [6.45, 7) is 4.29. The van der Waals surface area contributed by atoms with Gasteiger partial charge in [0.15, 0.2) is 0 Å². The summed E-state index contributed by atoms with van der Waals surface area (Å²) >= 11 is 0. The van der Waals surface area contributed by atoms with Gasteiger partial charge in [0.05, 0.1) is 23.3 Å². The molecule has 4 aromatic rings. The van der Waals surface area contributed by atoms with Crippen LogP contribution in [0.15, 0.2) is 42.6 Å². The van der Waals surface area contributed by atoms with Crippen molar-refractivity contribution in [1.82, 2.24) is 14.8 Å². The molecule has 1 aliphatic carbocycles. The van der Waals surface area contributed by atoms with Crippen molar-refractivity contribution >= 4 is 27.8 Å². The van der Waals surface area contributed by atoms with Crippen LogP contribution in [0.5, 0.6) is 0 Å². The minimum atomic E-state index is -0.935. The normalized spacial score (nSPS) is 15.2. The number of nitrogens with zero attached hydrogens (tertiary/aromatic N) is 3. The van der Waals surface area contributed by atoms with E-state index >= 15 is 0 Å². The summed E-state index contributed by atoms with van der Waals surface area (Å²) in [4.78, 5) is 11.4. The summed E-state index contributed by atoms with van der Waals surface area (Å²) in [6.07, 6.45) is 8.19. The number of carboxylic acid groups (broad SMARTS) is 1. The highest BCUT2D eigenvalue weighted by Crippen LogP contribution is 2.47. The lowest BCUT2D eigenvalue weighted by Gasteiger charge is -2.32. The summed E-state index contributed by atoms with van der Waals surface area (Å²) in [5.74, 6) is -0.935. The highest BCUT2D eigenvalue weighted by Gasteiger charge is 2.34. The summed E-state index contributed by atoms with van der Waals surface area (Å²) in [5, 5.41) is 28.6. The number of nitrogens with one attached hydrogen (secondary N) is 1. The second-order valence-corrected chi connectivity index (χ2v) is 9.81. The van der Waals surface area contributed by atoms with E-state index < -0.39 is 5.97 Å². The molecule has 0 spiro atoms. The Morgan fingerprint density at radius 1 is 1.21 bits per heavy atom. The molecule has 0 bridgehead atoms. The molecule has 2 aromatic heterocycles. The van der Waals surface area contributed by atoms with Gasteiger partial charge in [0.2, 0.25) is 0 Å². The third kappa shape index (κ3) is 3.58. The van der Waals surface area contributed by atoms with Crippen molar-refractivity contribution in [3.8, 4) is 17.2 Å². The Bertz CT molecular complexity index is 1380. The van der Waals surface area contributed by atoms with Crippen LogP contribution in [0.25, 0.3) is 32.9 Å². The van der Waals surface area contributed by atoms with Crippen LogP contribution in [-0.2, 0) is 5.41 Å². The lowest BCUT2D eigenvalue weighted by molar-refractivity contribution is 0.0697. The van der Waals surface area contributed by atoms with Crippen LogP contribution in [0.4, 0.5) is 0 Å². The van der Waals surface area contributed by atoms with Gasteiger partial charge >= 0.3 is 5.97 Å². The van der Waals surface area contributed by atoms with Crippen LogP contribution in [0, 0.1) is 11.3 Å². The second-order valence-electron chi connectivity index (χ2n) is 9.81. The van der Waals surface area contributed by atoms with Gasteiger partial charge < -0.3 is 9.67 Å². The minimum absolute atomic E-state index is 0.267.